The number of ether oxygens (including phenoxy) is 2. The Balaban J connectivity index is 1.54. The minimum atomic E-state index is -0.598. The number of anilines is 2. The molecule has 1 aliphatic rings. The summed E-state index contributed by atoms with van der Waals surface area (Å²) in [5.41, 5.74) is 4.60. The monoisotopic (exact) mass is 701 g/mol. The second-order valence-corrected chi connectivity index (χ2v) is 12.7. The first-order valence-corrected chi connectivity index (χ1v) is 16.1. The van der Waals surface area contributed by atoms with Gasteiger partial charge in [-0.2, -0.15) is 4.98 Å². The minimum absolute atomic E-state index is 0.243. The van der Waals surface area contributed by atoms with Gasteiger partial charge in [-0.25, -0.2) is 4.68 Å². The third-order valence-corrected chi connectivity index (χ3v) is 9.13. The average molecular weight is 703 g/mol. The Morgan fingerprint density at radius 1 is 1.12 bits per heavy atom. The predicted molar refractivity (Wildman–Crippen MR) is 177 cm³/mol. The van der Waals surface area contributed by atoms with Crippen molar-refractivity contribution in [2.24, 2.45) is 0 Å². The second kappa shape index (κ2) is 13.6. The number of nitrogens with one attached hydrogen (secondary N) is 2. The van der Waals surface area contributed by atoms with Crippen LogP contribution in [-0.2, 0) is 11.4 Å². The maximum Gasteiger partial charge on any atom is 0.255 e. The molecule has 2 N–H and O–H groups in total. The largest absolute Gasteiger partial charge is 0.493 e. The van der Waals surface area contributed by atoms with Crippen LogP contribution in [0, 0.1) is 6.92 Å². The Morgan fingerprint density at radius 3 is 2.58 bits per heavy atom. The van der Waals surface area contributed by atoms with Crippen LogP contribution in [0.3, 0.4) is 0 Å². The maximum atomic E-state index is 13.9. The van der Waals surface area contributed by atoms with Crippen molar-refractivity contribution in [2.75, 3.05) is 23.5 Å². The lowest BCUT2D eigenvalue weighted by Gasteiger charge is -2.29. The number of carbonyl (C=O) groups excluding carboxylic acids is 1. The summed E-state index contributed by atoms with van der Waals surface area (Å²) < 4.78 is 14.4. The zero-order chi connectivity index (χ0) is 30.7. The third-order valence-electron chi connectivity index (χ3n) is 6.76. The molecule has 4 aromatic rings. The van der Waals surface area contributed by atoms with Crippen LogP contribution in [0.2, 0.25) is 10.0 Å². The Hall–Kier alpha value is -3.18. The number of aromatic nitrogens is 3. The molecule has 0 bridgehead atoms. The number of carbonyl (C=O) groups is 1. The van der Waals surface area contributed by atoms with E-state index in [1.807, 2.05) is 56.3 Å². The second-order valence-electron chi connectivity index (χ2n) is 9.97. The van der Waals surface area contributed by atoms with E-state index in [-0.39, 0.29) is 12.5 Å². The summed E-state index contributed by atoms with van der Waals surface area (Å²) in [5.74, 6) is 2.18. The van der Waals surface area contributed by atoms with E-state index in [9.17, 15) is 4.79 Å². The summed E-state index contributed by atoms with van der Waals surface area (Å²) in [7, 11) is 1.58. The Bertz CT molecular complexity index is 1690. The fourth-order valence-electron chi connectivity index (χ4n) is 4.65. The first-order chi connectivity index (χ1) is 20.7. The van der Waals surface area contributed by atoms with Gasteiger partial charge in [0.1, 0.15) is 12.6 Å². The van der Waals surface area contributed by atoms with E-state index in [1.165, 1.54) is 0 Å². The molecule has 1 aliphatic heterocycles. The van der Waals surface area contributed by atoms with E-state index < -0.39 is 6.04 Å². The van der Waals surface area contributed by atoms with Gasteiger partial charge in [-0.15, -0.1) is 5.10 Å². The number of thioether (sulfide) groups is 1. The van der Waals surface area contributed by atoms with Crippen molar-refractivity contribution in [3.63, 3.8) is 0 Å². The molecule has 8 nitrogen and oxygen atoms in total. The highest BCUT2D eigenvalue weighted by Gasteiger charge is 2.35. The predicted octanol–water partition coefficient (Wildman–Crippen LogP) is 8.67. The fourth-order valence-corrected chi connectivity index (χ4v) is 6.22. The van der Waals surface area contributed by atoms with E-state index in [0.717, 1.165) is 28.9 Å². The van der Waals surface area contributed by atoms with Crippen LogP contribution < -0.4 is 20.1 Å². The summed E-state index contributed by atoms with van der Waals surface area (Å²) in [6, 6.07) is 16.2. The van der Waals surface area contributed by atoms with Crippen LogP contribution in [-0.4, -0.2) is 33.5 Å². The van der Waals surface area contributed by atoms with Crippen LogP contribution in [0.4, 0.5) is 11.6 Å². The number of fused-ring (bicyclic) bond motifs is 1. The normalized spacial score (nSPS) is 14.3. The standard InChI is InChI=1S/C31H30BrCl2N5O3S/c1-5-12-43-31-37-30-35-18(3)26(29(40)36-21-9-6-17(2)7-10-21)27(39(30)38-31)20-14-22(32)28(25(15-20)41-4)42-16-19-8-11-23(33)24(34)13-19/h6-11,13-15,27H,5,12,16H2,1-4H3,(H,36,40)(H,35,37,38). The first kappa shape index (κ1) is 31.3. The number of rotatable bonds is 10. The maximum absolute atomic E-state index is 13.9. The number of hydrogen-bond donors (Lipinski definition) is 2. The molecule has 2 heterocycles. The van der Waals surface area contributed by atoms with E-state index in [1.54, 1.807) is 35.7 Å². The number of amides is 1. The molecular formula is C31H30BrCl2N5O3S. The van der Waals surface area contributed by atoms with Gasteiger partial charge >= 0.3 is 0 Å². The molecule has 1 atom stereocenters. The number of aryl methyl sites for hydroxylation is 1. The Morgan fingerprint density at radius 2 is 1.88 bits per heavy atom. The van der Waals surface area contributed by atoms with Gasteiger partial charge in [0, 0.05) is 17.1 Å². The third kappa shape index (κ3) is 6.98. The minimum Gasteiger partial charge on any atom is -0.493 e. The van der Waals surface area contributed by atoms with Gasteiger partial charge in [-0.3, -0.25) is 4.79 Å². The van der Waals surface area contributed by atoms with Gasteiger partial charge in [-0.05, 0) is 83.7 Å². The highest BCUT2D eigenvalue weighted by atomic mass is 79.9. The van der Waals surface area contributed by atoms with Gasteiger partial charge in [0.2, 0.25) is 11.1 Å². The number of methoxy groups -OCH3 is 1. The highest BCUT2D eigenvalue weighted by Crippen LogP contribution is 2.43. The zero-order valence-corrected chi connectivity index (χ0v) is 27.9. The number of benzene rings is 3. The Labute approximate surface area is 273 Å². The molecule has 3 aromatic carbocycles. The van der Waals surface area contributed by atoms with Crippen LogP contribution in [0.5, 0.6) is 11.5 Å². The van der Waals surface area contributed by atoms with Crippen molar-refractivity contribution in [1.29, 1.82) is 0 Å². The summed E-state index contributed by atoms with van der Waals surface area (Å²) in [6.07, 6.45) is 0.987. The molecular weight excluding hydrogens is 673 g/mol. The van der Waals surface area contributed by atoms with E-state index >= 15 is 0 Å². The lowest BCUT2D eigenvalue weighted by molar-refractivity contribution is -0.113. The fraction of sp³-hybridized carbons (Fsp3) is 0.258. The van der Waals surface area contributed by atoms with Gasteiger partial charge in [0.15, 0.2) is 11.5 Å². The van der Waals surface area contributed by atoms with Gasteiger partial charge in [0.25, 0.3) is 5.91 Å². The molecule has 43 heavy (non-hydrogen) atoms. The topological polar surface area (TPSA) is 90.3 Å². The van der Waals surface area contributed by atoms with Crippen LogP contribution in [0.25, 0.3) is 0 Å². The Kier molecular flexibility index (Phi) is 9.91. The van der Waals surface area contributed by atoms with E-state index in [4.69, 9.17) is 42.8 Å². The molecule has 1 unspecified atom stereocenters. The van der Waals surface area contributed by atoms with Gasteiger partial charge in [0.05, 0.1) is 27.2 Å². The van der Waals surface area contributed by atoms with Crippen molar-refractivity contribution in [3.05, 3.63) is 97.1 Å². The highest BCUT2D eigenvalue weighted by molar-refractivity contribution is 9.10. The van der Waals surface area contributed by atoms with Gasteiger partial charge < -0.3 is 20.1 Å². The molecule has 0 fully saturated rings. The molecule has 5 rings (SSSR count). The van der Waals surface area contributed by atoms with Crippen molar-refractivity contribution in [1.82, 2.24) is 14.8 Å². The van der Waals surface area contributed by atoms with Crippen molar-refractivity contribution in [3.8, 4) is 11.5 Å². The van der Waals surface area contributed by atoms with Crippen molar-refractivity contribution < 1.29 is 14.3 Å². The molecule has 0 saturated heterocycles. The van der Waals surface area contributed by atoms with Crippen LogP contribution >= 0.6 is 50.9 Å². The lowest BCUT2D eigenvalue weighted by Crippen LogP contribution is -2.31. The summed E-state index contributed by atoms with van der Waals surface area (Å²) in [4.78, 5) is 18.6. The number of allylic oxidation sites excluding steroid dienone is 1. The lowest BCUT2D eigenvalue weighted by atomic mass is 9.94. The van der Waals surface area contributed by atoms with Crippen LogP contribution in [0.1, 0.15) is 43.0 Å². The molecule has 0 aliphatic carbocycles. The number of halogens is 3. The van der Waals surface area contributed by atoms with Crippen molar-refractivity contribution in [2.45, 2.75) is 45.0 Å². The number of hydrogen-bond acceptors (Lipinski definition) is 7. The van der Waals surface area contributed by atoms with Gasteiger partial charge in [-0.1, -0.05) is 65.7 Å². The molecule has 1 amide bonds. The van der Waals surface area contributed by atoms with E-state index in [0.29, 0.717) is 54.1 Å². The summed E-state index contributed by atoms with van der Waals surface area (Å²) in [6.45, 7) is 6.23. The number of nitrogens with zero attached hydrogens (tertiary/aromatic N) is 3. The van der Waals surface area contributed by atoms with E-state index in [2.05, 4.69) is 33.5 Å². The summed E-state index contributed by atoms with van der Waals surface area (Å²) in [5, 5.41) is 12.7. The smallest absolute Gasteiger partial charge is 0.255 e. The molecule has 0 radical (unpaired) electrons. The average Bonchev–Trinajstić information content (AvgIpc) is 3.39. The molecule has 1 aromatic heterocycles. The molecule has 224 valence electrons. The summed E-state index contributed by atoms with van der Waals surface area (Å²) >= 11 is 17.5. The quantitative estimate of drug-likeness (QED) is 0.160. The molecule has 12 heteroatoms. The SMILES string of the molecule is CCCSc1nc2n(n1)C(c1cc(Br)c(OCc3ccc(Cl)c(Cl)c3)c(OC)c1)C(C(=O)Nc1ccc(C)cc1)=C(C)N2. The zero-order valence-electron chi connectivity index (χ0n) is 24.0. The molecule has 0 spiro atoms. The molecule has 0 saturated carbocycles. The van der Waals surface area contributed by atoms with Crippen molar-refractivity contribution >= 4 is 68.4 Å². The first-order valence-electron chi connectivity index (χ1n) is 13.6. The van der Waals surface area contributed by atoms with Crippen LogP contribution in [0.15, 0.2) is 75.5 Å².